The van der Waals surface area contributed by atoms with Crippen molar-refractivity contribution in [1.29, 1.82) is 5.41 Å². The minimum absolute atomic E-state index is 0.0361. The van der Waals surface area contributed by atoms with Gasteiger partial charge in [0, 0.05) is 0 Å². The Morgan fingerprint density at radius 3 is 1.87 bits per heavy atom. The van der Waals surface area contributed by atoms with E-state index in [0.29, 0.717) is 10.8 Å². The fourth-order valence-corrected chi connectivity index (χ4v) is 4.48. The summed E-state index contributed by atoms with van der Waals surface area (Å²) in [5.41, 5.74) is 0.353. The molecule has 6 heteroatoms. The molecule has 0 amide bonds. The summed E-state index contributed by atoms with van der Waals surface area (Å²) in [6.45, 7) is 22.3. The molecule has 2 aliphatic rings. The summed E-state index contributed by atoms with van der Waals surface area (Å²) in [6.07, 6.45) is 11.0. The van der Waals surface area contributed by atoms with Crippen molar-refractivity contribution >= 4 is 13.2 Å². The van der Waals surface area contributed by atoms with Crippen LogP contribution >= 0.6 is 0 Å². The van der Waals surface area contributed by atoms with Gasteiger partial charge in [0.25, 0.3) is 0 Å². The molecule has 0 spiro atoms. The van der Waals surface area contributed by atoms with Crippen LogP contribution in [0.15, 0.2) is 0 Å². The first-order chi connectivity index (χ1) is 13.8. The van der Waals surface area contributed by atoms with Gasteiger partial charge in [-0.25, -0.2) is 10.2 Å². The largest absolute Gasteiger partial charge is 0.457 e. The lowest BCUT2D eigenvalue weighted by Gasteiger charge is -2.43. The summed E-state index contributed by atoms with van der Waals surface area (Å²) in [7, 11) is -0.0361. The van der Waals surface area contributed by atoms with Gasteiger partial charge in [0.05, 0.1) is 11.2 Å². The highest BCUT2D eigenvalue weighted by atomic mass is 16.7. The molecule has 2 aliphatic heterocycles. The molecule has 30 heavy (non-hydrogen) atoms. The summed E-state index contributed by atoms with van der Waals surface area (Å²) in [6, 6.07) is 0. The van der Waals surface area contributed by atoms with Crippen molar-refractivity contribution < 1.29 is 14.1 Å². The number of hydrogen-bond acceptors (Lipinski definition) is 5. The van der Waals surface area contributed by atoms with E-state index in [4.69, 9.17) is 19.5 Å². The third-order valence-corrected chi connectivity index (χ3v) is 7.93. The Morgan fingerprint density at radius 1 is 0.933 bits per heavy atom. The van der Waals surface area contributed by atoms with Crippen LogP contribution in [0.4, 0.5) is 0 Å². The van der Waals surface area contributed by atoms with Crippen molar-refractivity contribution in [2.24, 2.45) is 10.8 Å². The maximum absolute atomic E-state index is 8.35. The lowest BCUT2D eigenvalue weighted by molar-refractivity contribution is 0.00578. The van der Waals surface area contributed by atoms with Crippen LogP contribution in [-0.2, 0) is 14.1 Å². The van der Waals surface area contributed by atoms with Crippen LogP contribution in [0, 0.1) is 16.2 Å². The first-order valence-electron chi connectivity index (χ1n) is 11.9. The molecule has 5 nitrogen and oxygen atoms in total. The third kappa shape index (κ3) is 7.78. The molecule has 1 N–H and O–H groups in total. The van der Waals surface area contributed by atoms with E-state index >= 15 is 0 Å². The first kappa shape index (κ1) is 27.4. The molecule has 1 unspecified atom stereocenters. The minimum atomic E-state index is -0.201. The Labute approximate surface area is 186 Å². The van der Waals surface area contributed by atoms with Crippen LogP contribution in [0.1, 0.15) is 100 Å². The quantitative estimate of drug-likeness (QED) is 0.212. The zero-order valence-corrected chi connectivity index (χ0v) is 21.0. The van der Waals surface area contributed by atoms with Gasteiger partial charge >= 0.3 is 7.12 Å². The monoisotopic (exact) mass is 422 g/mol. The molecule has 2 rings (SSSR count). The number of likely N-dealkylation sites (tertiary alicyclic amines) is 1. The van der Waals surface area contributed by atoms with Gasteiger partial charge in [-0.3, -0.25) is 0 Å². The zero-order chi connectivity index (χ0) is 23.1. The number of carbonyl (C=O) groups excluding carboxylic acids is 1. The van der Waals surface area contributed by atoms with Crippen molar-refractivity contribution in [3.8, 4) is 0 Å². The molecule has 0 aliphatic carbocycles. The molecule has 174 valence electrons. The van der Waals surface area contributed by atoms with E-state index in [2.05, 4.69) is 60.3 Å². The predicted molar refractivity (Wildman–Crippen MR) is 126 cm³/mol. The van der Waals surface area contributed by atoms with Crippen molar-refractivity contribution in [3.05, 3.63) is 0 Å². The first-order valence-corrected chi connectivity index (χ1v) is 11.9. The smallest absolute Gasteiger partial charge is 0.403 e. The molecule has 1 atom stereocenters. The third-order valence-electron chi connectivity index (χ3n) is 7.93. The average molecular weight is 422 g/mol. The van der Waals surface area contributed by atoms with E-state index in [0.717, 1.165) is 12.4 Å². The standard InChI is InChI=1S/C23H46BNO2.CHNO/c1-20(2,3)23(8,15-13-19-25-17-11-12-18-25)14-9-10-16-24-26-21(4,5)22(6,7)27-24;2-1-3/h9-19H2,1-8H3;2H. The second-order valence-electron chi connectivity index (χ2n) is 11.5. The Bertz CT molecular complexity index is 531. The van der Waals surface area contributed by atoms with Crippen molar-refractivity contribution in [2.75, 3.05) is 19.6 Å². The van der Waals surface area contributed by atoms with Crippen LogP contribution in [0.5, 0.6) is 0 Å². The SMILES string of the molecule is CC(C)(C)C(C)(CCCCB1OC(C)(C)C(C)(C)O1)CCCN1CCCC1.N=C=O. The fourth-order valence-electron chi connectivity index (χ4n) is 4.48. The molecular weight excluding hydrogens is 375 g/mol. The van der Waals surface area contributed by atoms with Gasteiger partial charge < -0.3 is 14.2 Å². The Balaban J connectivity index is 0.00000141. The second kappa shape index (κ2) is 11.3. The van der Waals surface area contributed by atoms with Crippen molar-refractivity contribution in [1.82, 2.24) is 4.90 Å². The lowest BCUT2D eigenvalue weighted by Crippen LogP contribution is -2.41. The van der Waals surface area contributed by atoms with Gasteiger partial charge in [0.15, 0.2) is 0 Å². The summed E-state index contributed by atoms with van der Waals surface area (Å²) >= 11 is 0. The van der Waals surface area contributed by atoms with Crippen LogP contribution in [-0.4, -0.2) is 48.9 Å². The summed E-state index contributed by atoms with van der Waals surface area (Å²) in [5, 5.41) is 5.40. The Hall–Kier alpha value is -0.675. The number of rotatable bonds is 9. The van der Waals surface area contributed by atoms with E-state index in [1.165, 1.54) is 64.6 Å². The van der Waals surface area contributed by atoms with Gasteiger partial charge in [0.1, 0.15) is 0 Å². The lowest BCUT2D eigenvalue weighted by atomic mass is 9.62. The van der Waals surface area contributed by atoms with Gasteiger partial charge in [-0.2, -0.15) is 0 Å². The fraction of sp³-hybridized carbons (Fsp3) is 0.958. The summed E-state index contributed by atoms with van der Waals surface area (Å²) < 4.78 is 12.3. The predicted octanol–water partition coefficient (Wildman–Crippen LogP) is 6.08. The molecule has 0 aromatic heterocycles. The Kier molecular flexibility index (Phi) is 10.3. The molecule has 0 radical (unpaired) electrons. The van der Waals surface area contributed by atoms with E-state index < -0.39 is 0 Å². The molecule has 0 aromatic rings. The van der Waals surface area contributed by atoms with Gasteiger partial charge in [-0.1, -0.05) is 40.5 Å². The maximum Gasteiger partial charge on any atom is 0.457 e. The number of unbranched alkanes of at least 4 members (excludes halogenated alkanes) is 1. The van der Waals surface area contributed by atoms with Crippen LogP contribution in [0.25, 0.3) is 0 Å². The van der Waals surface area contributed by atoms with E-state index in [1.54, 1.807) is 0 Å². The number of nitrogens with zero attached hydrogens (tertiary/aromatic N) is 1. The average Bonchev–Trinajstić information content (AvgIpc) is 3.17. The van der Waals surface area contributed by atoms with Gasteiger partial charge in [-0.15, -0.1) is 0 Å². The van der Waals surface area contributed by atoms with Crippen LogP contribution in [0.2, 0.25) is 6.32 Å². The molecular formula is C24H47BN2O3. The minimum Gasteiger partial charge on any atom is -0.403 e. The highest BCUT2D eigenvalue weighted by Crippen LogP contribution is 2.46. The van der Waals surface area contributed by atoms with Crippen molar-refractivity contribution in [3.63, 3.8) is 0 Å². The summed E-state index contributed by atoms with van der Waals surface area (Å²) in [5.74, 6) is 0. The van der Waals surface area contributed by atoms with E-state index in [-0.39, 0.29) is 18.3 Å². The highest BCUT2D eigenvalue weighted by Gasteiger charge is 2.50. The van der Waals surface area contributed by atoms with E-state index in [9.17, 15) is 0 Å². The highest BCUT2D eigenvalue weighted by molar-refractivity contribution is 6.45. The maximum atomic E-state index is 8.35. The molecule has 0 saturated carbocycles. The number of hydrogen-bond donors (Lipinski definition) is 1. The molecule has 2 fully saturated rings. The molecule has 2 heterocycles. The zero-order valence-electron chi connectivity index (χ0n) is 21.0. The topological polar surface area (TPSA) is 62.6 Å². The van der Waals surface area contributed by atoms with Crippen LogP contribution < -0.4 is 0 Å². The van der Waals surface area contributed by atoms with Crippen molar-refractivity contribution in [2.45, 2.75) is 118 Å². The molecule has 2 saturated heterocycles. The normalized spacial score (nSPS) is 22.9. The van der Waals surface area contributed by atoms with Crippen LogP contribution in [0.3, 0.4) is 0 Å². The molecule has 0 aromatic carbocycles. The Morgan fingerprint density at radius 2 is 1.40 bits per heavy atom. The second-order valence-corrected chi connectivity index (χ2v) is 11.5. The molecule has 0 bridgehead atoms. The number of nitrogens with one attached hydrogen (secondary N) is 1. The van der Waals surface area contributed by atoms with Gasteiger partial charge in [0.2, 0.25) is 6.08 Å². The summed E-state index contributed by atoms with van der Waals surface area (Å²) in [4.78, 5) is 11.0. The van der Waals surface area contributed by atoms with Gasteiger partial charge in [-0.05, 0) is 96.6 Å². The van der Waals surface area contributed by atoms with E-state index in [1.807, 2.05) is 0 Å². The number of isocyanates is 1.